The van der Waals surface area contributed by atoms with Crippen LogP contribution in [0.25, 0.3) is 0 Å². The predicted molar refractivity (Wildman–Crippen MR) is 131 cm³/mol. The Bertz CT molecular complexity index is 924. The molecule has 0 fully saturated rings. The molecule has 1 heterocycles. The Morgan fingerprint density at radius 2 is 1.78 bits per heavy atom. The van der Waals surface area contributed by atoms with Crippen molar-refractivity contribution in [3.8, 4) is 0 Å². The van der Waals surface area contributed by atoms with Crippen LogP contribution in [0.4, 0.5) is 11.4 Å². The van der Waals surface area contributed by atoms with Crippen LogP contribution in [0.2, 0.25) is 0 Å². The highest BCUT2D eigenvalue weighted by Crippen LogP contribution is 2.29. The molecule has 0 saturated heterocycles. The molecule has 1 aliphatic rings. The SMILES string of the molecule is CCCC(=O)Nc1ccc(N2CCc3ccccc3C2)c(C(=O)NCCN(CC)CC)c1. The zero-order valence-corrected chi connectivity index (χ0v) is 19.6. The smallest absolute Gasteiger partial charge is 0.253 e. The highest BCUT2D eigenvalue weighted by molar-refractivity contribution is 6.02. The topological polar surface area (TPSA) is 64.7 Å². The number of carbonyl (C=O) groups excluding carboxylic acids is 2. The van der Waals surface area contributed by atoms with E-state index in [0.717, 1.165) is 51.3 Å². The van der Waals surface area contributed by atoms with E-state index in [1.54, 1.807) is 0 Å². The third kappa shape index (κ3) is 6.10. The van der Waals surface area contributed by atoms with Gasteiger partial charge in [0.2, 0.25) is 5.91 Å². The lowest BCUT2D eigenvalue weighted by molar-refractivity contribution is -0.116. The van der Waals surface area contributed by atoms with E-state index in [1.165, 1.54) is 11.1 Å². The van der Waals surface area contributed by atoms with Crippen molar-refractivity contribution in [1.82, 2.24) is 10.2 Å². The van der Waals surface area contributed by atoms with Gasteiger partial charge in [0, 0.05) is 44.0 Å². The standard InChI is InChI=1S/C26H36N4O2/c1-4-9-25(31)28-22-12-13-24(30-16-14-20-10-7-8-11-21(20)19-30)23(18-22)26(32)27-15-17-29(5-2)6-3/h7-8,10-13,18H,4-6,9,14-17,19H2,1-3H3,(H,27,32)(H,28,31). The lowest BCUT2D eigenvalue weighted by Gasteiger charge is -2.32. The van der Waals surface area contributed by atoms with Crippen molar-refractivity contribution in [3.63, 3.8) is 0 Å². The zero-order chi connectivity index (χ0) is 22.9. The van der Waals surface area contributed by atoms with Gasteiger partial charge >= 0.3 is 0 Å². The van der Waals surface area contributed by atoms with Crippen molar-refractivity contribution >= 4 is 23.2 Å². The quantitative estimate of drug-likeness (QED) is 0.590. The summed E-state index contributed by atoms with van der Waals surface area (Å²) in [6.45, 7) is 11.2. The van der Waals surface area contributed by atoms with Crippen molar-refractivity contribution in [2.24, 2.45) is 0 Å². The molecule has 0 radical (unpaired) electrons. The van der Waals surface area contributed by atoms with E-state index in [4.69, 9.17) is 0 Å². The Kier molecular flexibility index (Phi) is 8.68. The highest BCUT2D eigenvalue weighted by atomic mass is 16.2. The molecule has 2 amide bonds. The largest absolute Gasteiger partial charge is 0.366 e. The van der Waals surface area contributed by atoms with E-state index >= 15 is 0 Å². The first kappa shape index (κ1) is 23.8. The van der Waals surface area contributed by atoms with E-state index < -0.39 is 0 Å². The second-order valence-electron chi connectivity index (χ2n) is 8.25. The molecule has 2 aromatic carbocycles. The molecule has 0 atom stereocenters. The molecule has 0 aromatic heterocycles. The van der Waals surface area contributed by atoms with Crippen LogP contribution in [0.5, 0.6) is 0 Å². The van der Waals surface area contributed by atoms with Crippen LogP contribution >= 0.6 is 0 Å². The zero-order valence-electron chi connectivity index (χ0n) is 19.6. The van der Waals surface area contributed by atoms with E-state index in [-0.39, 0.29) is 11.8 Å². The molecule has 2 N–H and O–H groups in total. The lowest BCUT2D eigenvalue weighted by atomic mass is 9.98. The first-order valence-corrected chi connectivity index (χ1v) is 11.8. The number of anilines is 2. The molecule has 172 valence electrons. The van der Waals surface area contributed by atoms with Crippen LogP contribution in [-0.2, 0) is 17.8 Å². The van der Waals surface area contributed by atoms with Gasteiger partial charge in [-0.1, -0.05) is 45.0 Å². The number of likely N-dealkylation sites (N-methyl/N-ethyl adjacent to an activating group) is 1. The second kappa shape index (κ2) is 11.7. The Morgan fingerprint density at radius 1 is 1.03 bits per heavy atom. The van der Waals surface area contributed by atoms with Gasteiger partial charge in [-0.2, -0.15) is 0 Å². The van der Waals surface area contributed by atoms with Crippen LogP contribution in [0, 0.1) is 0 Å². The summed E-state index contributed by atoms with van der Waals surface area (Å²) < 4.78 is 0. The summed E-state index contributed by atoms with van der Waals surface area (Å²) in [5, 5.41) is 6.01. The summed E-state index contributed by atoms with van der Waals surface area (Å²) in [6.07, 6.45) is 2.21. The maximum atomic E-state index is 13.2. The number of rotatable bonds is 10. The predicted octanol–water partition coefficient (Wildman–Crippen LogP) is 4.06. The number of hydrogen-bond donors (Lipinski definition) is 2. The number of amides is 2. The second-order valence-corrected chi connectivity index (χ2v) is 8.25. The molecular weight excluding hydrogens is 400 g/mol. The molecule has 6 heteroatoms. The van der Waals surface area contributed by atoms with Crippen molar-refractivity contribution in [1.29, 1.82) is 0 Å². The van der Waals surface area contributed by atoms with Crippen LogP contribution in [0.1, 0.15) is 55.1 Å². The van der Waals surface area contributed by atoms with Crippen LogP contribution < -0.4 is 15.5 Å². The molecular formula is C26H36N4O2. The van der Waals surface area contributed by atoms with Gasteiger partial charge in [0.1, 0.15) is 0 Å². The Morgan fingerprint density at radius 3 is 2.50 bits per heavy atom. The number of benzene rings is 2. The van der Waals surface area contributed by atoms with Crippen molar-refractivity contribution in [3.05, 3.63) is 59.2 Å². The molecule has 2 aromatic rings. The fourth-order valence-corrected chi connectivity index (χ4v) is 4.19. The van der Waals surface area contributed by atoms with E-state index in [2.05, 4.69) is 58.5 Å². The van der Waals surface area contributed by atoms with E-state index in [1.807, 2.05) is 25.1 Å². The van der Waals surface area contributed by atoms with E-state index in [9.17, 15) is 9.59 Å². The van der Waals surface area contributed by atoms with E-state index in [0.29, 0.717) is 24.2 Å². The number of hydrogen-bond acceptors (Lipinski definition) is 4. The fraction of sp³-hybridized carbons (Fsp3) is 0.462. The average Bonchev–Trinajstić information content (AvgIpc) is 2.81. The monoisotopic (exact) mass is 436 g/mol. The minimum absolute atomic E-state index is 0.0277. The van der Waals surface area contributed by atoms with Crippen LogP contribution in [0.3, 0.4) is 0 Å². The first-order valence-electron chi connectivity index (χ1n) is 11.8. The molecule has 0 aliphatic carbocycles. The van der Waals surface area contributed by atoms with Gasteiger partial charge in [0.25, 0.3) is 5.91 Å². The van der Waals surface area contributed by atoms with Gasteiger partial charge in [-0.3, -0.25) is 9.59 Å². The summed E-state index contributed by atoms with van der Waals surface area (Å²) in [4.78, 5) is 29.9. The molecule has 0 saturated carbocycles. The van der Waals surface area contributed by atoms with Crippen LogP contribution in [0.15, 0.2) is 42.5 Å². The first-order chi connectivity index (χ1) is 15.5. The Hall–Kier alpha value is -2.86. The van der Waals surface area contributed by atoms with Gasteiger partial charge in [-0.25, -0.2) is 0 Å². The van der Waals surface area contributed by atoms with Gasteiger partial charge in [0.15, 0.2) is 0 Å². The fourth-order valence-electron chi connectivity index (χ4n) is 4.19. The molecule has 0 unspecified atom stereocenters. The summed E-state index contributed by atoms with van der Waals surface area (Å²) in [7, 11) is 0. The maximum absolute atomic E-state index is 13.2. The highest BCUT2D eigenvalue weighted by Gasteiger charge is 2.22. The number of fused-ring (bicyclic) bond motifs is 1. The van der Waals surface area contributed by atoms with Crippen molar-refractivity contribution < 1.29 is 9.59 Å². The molecule has 0 spiro atoms. The molecule has 3 rings (SSSR count). The third-order valence-electron chi connectivity index (χ3n) is 6.08. The summed E-state index contributed by atoms with van der Waals surface area (Å²) >= 11 is 0. The van der Waals surface area contributed by atoms with Gasteiger partial charge < -0.3 is 20.4 Å². The van der Waals surface area contributed by atoms with Gasteiger partial charge in [-0.15, -0.1) is 0 Å². The Labute approximate surface area is 192 Å². The van der Waals surface area contributed by atoms with Crippen molar-refractivity contribution in [2.45, 2.75) is 46.6 Å². The van der Waals surface area contributed by atoms with Gasteiger partial charge in [0.05, 0.1) is 5.56 Å². The minimum atomic E-state index is -0.0994. The van der Waals surface area contributed by atoms with Crippen molar-refractivity contribution in [2.75, 3.05) is 42.9 Å². The molecule has 0 bridgehead atoms. The molecule has 6 nitrogen and oxygen atoms in total. The number of nitrogens with one attached hydrogen (secondary N) is 2. The summed E-state index contributed by atoms with van der Waals surface area (Å²) in [5.74, 6) is -0.127. The minimum Gasteiger partial charge on any atom is -0.366 e. The molecule has 1 aliphatic heterocycles. The van der Waals surface area contributed by atoms with Crippen LogP contribution in [-0.4, -0.2) is 49.4 Å². The lowest BCUT2D eigenvalue weighted by Crippen LogP contribution is -2.36. The summed E-state index contributed by atoms with van der Waals surface area (Å²) in [6, 6.07) is 14.2. The average molecular weight is 437 g/mol. The number of nitrogens with zero attached hydrogens (tertiary/aromatic N) is 2. The normalized spacial score (nSPS) is 13.1. The Balaban J connectivity index is 1.82. The third-order valence-corrected chi connectivity index (χ3v) is 6.08. The van der Waals surface area contributed by atoms with Gasteiger partial charge in [-0.05, 0) is 55.3 Å². The maximum Gasteiger partial charge on any atom is 0.253 e. The number of carbonyl (C=O) groups is 2. The summed E-state index contributed by atoms with van der Waals surface area (Å²) in [5.41, 5.74) is 4.86. The molecule has 32 heavy (non-hydrogen) atoms.